The molecule has 1 rings (SSSR count). The van der Waals surface area contributed by atoms with E-state index in [1.54, 1.807) is 55.4 Å². The van der Waals surface area contributed by atoms with Gasteiger partial charge in [0.1, 0.15) is 103 Å². The van der Waals surface area contributed by atoms with Gasteiger partial charge in [0.25, 0.3) is 0 Å². The Bertz CT molecular complexity index is 4360. The molecule has 150 heavy (non-hydrogen) atoms. The smallest absolute Gasteiger partial charge is 0.243 e. The van der Waals surface area contributed by atoms with Crippen LogP contribution >= 0.6 is 21.6 Å². The van der Waals surface area contributed by atoms with Crippen molar-refractivity contribution in [2.24, 2.45) is 81.0 Å². The molecule has 22 amide bonds. The van der Waals surface area contributed by atoms with E-state index in [0.717, 1.165) is 21.6 Å². The fraction of sp³-hybridized carbons (Fsp3) is 0.755. The maximum Gasteiger partial charge on any atom is 0.243 e. The highest BCUT2D eigenvalue weighted by molar-refractivity contribution is 8.76. The standard InChI is InChI=1S/C94H174N32O22S2/c1-50(2)40-66(122-84(139)60(27-14-20-34-96)114-74(129)46-107-73(128)45-108-83(138)71-49-150-149-48-58(101)81(136)121-70(44-72(102)127)82(137)109-47-75(130)115-61(85(140)126-71)32-25-39-106-94(104)105)90(145)111-56(11)79(134)118-64(30-17-23-37-99)88(143)124-68(42-52(5)6)92(147)112-55(10)78(133)117-62(28-15-21-35-97)86(141)120-65(31-18-24-38-100)89(144)125-69(43-53(7)8)93(148)113-57(12)80(135)119-63(29-16-22-36-98)87(142)123-67(41-51(3)4)91(146)110-54(9)77(132)116-59(76(103)131)26-13-19-33-95/h50-71H,13-49,95-101H2,1-12H3,(H2,102,127)(H2,103,131)(H,107,128)(H,108,138)(H,109,137)(H,110,146)(H,111,145)(H,112,147)(H,113,148)(H,114,129)(H,115,130)(H,116,132)(H,117,133)(H,118,134)(H,119,135)(H,120,141)(H,121,136)(H,122,139)(H,123,142)(H,124,143)(H,125,144)(H,126,140)(H4,104,105,106)/t54-,55-,56-,57-,58+,59-,60-,61+,62-,63-,64-,65-,66-,67-,68-,69-,70+,71+/m1/s1. The lowest BCUT2D eigenvalue weighted by molar-refractivity contribution is -0.136. The van der Waals surface area contributed by atoms with E-state index in [1.807, 2.05) is 0 Å². The van der Waals surface area contributed by atoms with Crippen molar-refractivity contribution in [2.45, 2.75) is 352 Å². The zero-order chi connectivity index (χ0) is 113. The van der Waals surface area contributed by atoms with Crippen LogP contribution in [-0.2, 0) is 105 Å². The summed E-state index contributed by atoms with van der Waals surface area (Å²) in [6.45, 7) is 18.7. The van der Waals surface area contributed by atoms with E-state index in [2.05, 4.69) is 112 Å². The number of rotatable bonds is 71. The number of guanidine groups is 1. The van der Waals surface area contributed by atoms with Gasteiger partial charge in [-0.05, 0) is 245 Å². The predicted octanol–water partition coefficient (Wildman–Crippen LogP) is -9.04. The predicted molar refractivity (Wildman–Crippen MR) is 565 cm³/mol. The SMILES string of the molecule is CC(C)C[C@@H](NC(=O)[C@@H](CCCCN)NC(=O)CNC(=O)CNC(=O)[C@@H]1CSSC[C@H](N)C(=O)N[C@@H](CC(N)=O)C(=O)NCC(=O)N[C@@H](CCCNC(=N)N)C(=O)N1)C(=O)N[C@H](C)C(=O)N[C@H](CCCCN)C(=O)N[C@H](CC(C)C)C(=O)N[C@H](C)C(=O)N[C@H](CCCCN)C(=O)N[C@H](CCCCN)C(=O)N[C@H](CC(C)C)C(=O)N[C@H](C)C(=O)N[C@H](CCCCN)C(=O)N[C@H](CC(C)C)C(=O)N[C@H](C)C(=O)N[C@H](CCCCN)C(N)=O. The second-order valence-electron chi connectivity index (χ2n) is 39.0. The molecule has 854 valence electrons. The summed E-state index contributed by atoms with van der Waals surface area (Å²) in [5.41, 5.74) is 57.1. The summed E-state index contributed by atoms with van der Waals surface area (Å²) in [6.07, 6.45) is 4.24. The van der Waals surface area contributed by atoms with Gasteiger partial charge in [-0.25, -0.2) is 0 Å². The second-order valence-corrected chi connectivity index (χ2v) is 41.6. The molecule has 0 unspecified atom stereocenters. The summed E-state index contributed by atoms with van der Waals surface area (Å²) in [4.78, 5) is 303. The minimum absolute atomic E-state index is 0.00915. The van der Waals surface area contributed by atoms with Crippen molar-refractivity contribution in [1.82, 2.24) is 112 Å². The van der Waals surface area contributed by atoms with Gasteiger partial charge in [0.15, 0.2) is 5.96 Å². The maximum absolute atomic E-state index is 14.6. The van der Waals surface area contributed by atoms with Crippen LogP contribution in [0.1, 0.15) is 244 Å². The van der Waals surface area contributed by atoms with E-state index in [9.17, 15) is 105 Å². The van der Waals surface area contributed by atoms with Gasteiger partial charge in [0.05, 0.1) is 32.1 Å². The Hall–Kier alpha value is -12.0. The van der Waals surface area contributed by atoms with Crippen LogP contribution in [0.5, 0.6) is 0 Å². The molecule has 0 radical (unpaired) electrons. The first-order chi connectivity index (χ1) is 70.8. The Morgan fingerprint density at radius 2 is 0.627 bits per heavy atom. The molecule has 1 saturated heterocycles. The number of nitrogens with one attached hydrogen (secondary N) is 22. The third-order valence-corrected chi connectivity index (χ3v) is 25.8. The number of hydrogen-bond donors (Lipinski definition) is 32. The Morgan fingerprint density at radius 1 is 0.327 bits per heavy atom. The van der Waals surface area contributed by atoms with Crippen LogP contribution in [0.25, 0.3) is 0 Å². The molecule has 1 aliphatic heterocycles. The first-order valence-corrected chi connectivity index (χ1v) is 54.1. The van der Waals surface area contributed by atoms with E-state index in [4.69, 9.17) is 62.7 Å². The van der Waals surface area contributed by atoms with Crippen LogP contribution in [0.4, 0.5) is 0 Å². The number of carbonyl (C=O) groups is 22. The van der Waals surface area contributed by atoms with E-state index in [-0.39, 0.29) is 177 Å². The Kier molecular flexibility index (Phi) is 68.6. The average Bonchev–Trinajstić information content (AvgIpc) is 0.865. The molecule has 1 heterocycles. The summed E-state index contributed by atoms with van der Waals surface area (Å²) in [7, 11) is 1.95. The van der Waals surface area contributed by atoms with Crippen LogP contribution in [0.15, 0.2) is 0 Å². The topological polar surface area (TPSA) is 912 Å². The van der Waals surface area contributed by atoms with Gasteiger partial charge >= 0.3 is 0 Å². The fourth-order valence-corrected chi connectivity index (χ4v) is 17.3. The summed E-state index contributed by atoms with van der Waals surface area (Å²) in [5.74, 6) is -20.5. The Balaban J connectivity index is 3.47. The molecule has 0 aromatic heterocycles. The van der Waals surface area contributed by atoms with Crippen LogP contribution in [0.3, 0.4) is 0 Å². The molecule has 0 aliphatic carbocycles. The van der Waals surface area contributed by atoms with E-state index < -0.39 is 265 Å². The first kappa shape index (κ1) is 136. The molecule has 0 bridgehead atoms. The van der Waals surface area contributed by atoms with Gasteiger partial charge < -0.3 is 169 Å². The van der Waals surface area contributed by atoms with Crippen molar-refractivity contribution >= 4 is 158 Å². The maximum atomic E-state index is 14.6. The largest absolute Gasteiger partial charge is 0.370 e. The molecule has 0 spiro atoms. The molecule has 1 fully saturated rings. The second kappa shape index (κ2) is 75.7. The lowest BCUT2D eigenvalue weighted by atomic mass is 10.0. The number of nitrogens with two attached hydrogens (primary N) is 10. The summed E-state index contributed by atoms with van der Waals surface area (Å²) in [6, 6.07) is -24.0. The zero-order valence-electron chi connectivity index (χ0n) is 88.9. The minimum Gasteiger partial charge on any atom is -0.370 e. The molecule has 1 aliphatic rings. The summed E-state index contributed by atoms with van der Waals surface area (Å²) < 4.78 is 0. The molecule has 0 aromatic carbocycles. The van der Waals surface area contributed by atoms with Crippen molar-refractivity contribution in [3.8, 4) is 0 Å². The quantitative estimate of drug-likeness (QED) is 0.0116. The van der Waals surface area contributed by atoms with E-state index in [0.29, 0.717) is 64.3 Å². The van der Waals surface area contributed by atoms with Crippen LogP contribution in [-0.4, -0.2) is 322 Å². The lowest BCUT2D eigenvalue weighted by Crippen LogP contribution is -2.60. The highest BCUT2D eigenvalue weighted by Gasteiger charge is 2.40. The van der Waals surface area contributed by atoms with Crippen molar-refractivity contribution in [3.63, 3.8) is 0 Å². The van der Waals surface area contributed by atoms with Crippen molar-refractivity contribution < 1.29 is 105 Å². The number of primary amides is 2. The Labute approximate surface area is 886 Å². The summed E-state index contributed by atoms with van der Waals surface area (Å²) in [5, 5.41) is 61.5. The van der Waals surface area contributed by atoms with Crippen molar-refractivity contribution in [1.29, 1.82) is 5.41 Å². The number of carbonyl (C=O) groups excluding carboxylic acids is 22. The van der Waals surface area contributed by atoms with E-state index in [1.165, 1.54) is 27.7 Å². The molecular formula is C94H174N32O22S2. The molecule has 0 saturated carbocycles. The molecule has 56 heteroatoms. The van der Waals surface area contributed by atoms with Gasteiger partial charge in [0, 0.05) is 18.1 Å². The van der Waals surface area contributed by atoms with Gasteiger partial charge in [-0.1, -0.05) is 77.0 Å². The van der Waals surface area contributed by atoms with Gasteiger partial charge in [-0.2, -0.15) is 0 Å². The fourth-order valence-electron chi connectivity index (χ4n) is 15.0. The number of amides is 22. The van der Waals surface area contributed by atoms with Gasteiger partial charge in [-0.15, -0.1) is 0 Å². The lowest BCUT2D eigenvalue weighted by Gasteiger charge is -2.28. The number of hydrogen-bond acceptors (Lipinski definition) is 32. The van der Waals surface area contributed by atoms with Crippen molar-refractivity contribution in [3.05, 3.63) is 0 Å². The zero-order valence-corrected chi connectivity index (χ0v) is 90.6. The van der Waals surface area contributed by atoms with Gasteiger partial charge in [-0.3, -0.25) is 111 Å². The monoisotopic (exact) mass is 2170 g/mol. The molecule has 42 N–H and O–H groups in total. The van der Waals surface area contributed by atoms with Crippen LogP contribution in [0.2, 0.25) is 0 Å². The van der Waals surface area contributed by atoms with E-state index >= 15 is 0 Å². The Morgan fingerprint density at radius 3 is 0.947 bits per heavy atom. The van der Waals surface area contributed by atoms with Crippen molar-refractivity contribution in [2.75, 3.05) is 77.0 Å². The third kappa shape index (κ3) is 57.9. The third-order valence-electron chi connectivity index (χ3n) is 23.4. The van der Waals surface area contributed by atoms with Crippen LogP contribution in [0, 0.1) is 29.1 Å². The van der Waals surface area contributed by atoms with Gasteiger partial charge in [0.2, 0.25) is 130 Å². The normalized spacial score (nSPS) is 17.5. The molecule has 54 nitrogen and oxygen atoms in total. The molecule has 18 atom stereocenters. The first-order valence-electron chi connectivity index (χ1n) is 51.6. The van der Waals surface area contributed by atoms with Crippen LogP contribution < -0.4 is 169 Å². The number of unbranched alkanes of at least 4 members (excludes halogenated alkanes) is 6. The highest BCUT2D eigenvalue weighted by atomic mass is 33.1. The minimum atomic E-state index is -1.53. The highest BCUT2D eigenvalue weighted by Crippen LogP contribution is 2.24. The molecular weight excluding hydrogens is 1990 g/mol. The summed E-state index contributed by atoms with van der Waals surface area (Å²) >= 11 is 0. The average molecular weight is 2170 g/mol. The molecule has 0 aromatic rings.